The van der Waals surface area contributed by atoms with Gasteiger partial charge in [-0.2, -0.15) is 5.10 Å². The molecule has 0 bridgehead atoms. The molecule has 1 saturated heterocycles. The molecule has 1 fully saturated rings. The van der Waals surface area contributed by atoms with E-state index in [-0.39, 0.29) is 11.9 Å². The molecule has 1 aromatic heterocycles. The Labute approximate surface area is 157 Å². The van der Waals surface area contributed by atoms with E-state index >= 15 is 0 Å². The second-order valence-corrected chi connectivity index (χ2v) is 6.84. The highest BCUT2D eigenvalue weighted by molar-refractivity contribution is 5.84. The molecule has 0 radical (unpaired) electrons. The highest BCUT2D eigenvalue weighted by atomic mass is 16.5. The van der Waals surface area contributed by atoms with E-state index in [4.69, 9.17) is 10.5 Å². The normalized spacial score (nSPS) is 17.9. The van der Waals surface area contributed by atoms with Crippen LogP contribution in [0.2, 0.25) is 0 Å². The second kappa shape index (κ2) is 7.28. The maximum absolute atomic E-state index is 12.8. The third-order valence-corrected chi connectivity index (χ3v) is 5.05. The topological polar surface area (TPSA) is 96.3 Å². The number of nitrogens with one attached hydrogen (secondary N) is 2. The fraction of sp³-hybridized carbons (Fsp3) is 0.300. The first-order valence-electron chi connectivity index (χ1n) is 9.02. The van der Waals surface area contributed by atoms with Crippen molar-refractivity contribution in [1.82, 2.24) is 15.1 Å². The van der Waals surface area contributed by atoms with Crippen LogP contribution in [0.3, 0.4) is 0 Å². The number of aromatic amines is 1. The number of rotatable bonds is 5. The van der Waals surface area contributed by atoms with Crippen molar-refractivity contribution in [3.63, 3.8) is 0 Å². The van der Waals surface area contributed by atoms with Gasteiger partial charge in [0, 0.05) is 30.2 Å². The number of fused-ring (bicyclic) bond motifs is 1. The van der Waals surface area contributed by atoms with Gasteiger partial charge in [0.25, 0.3) is 0 Å². The summed E-state index contributed by atoms with van der Waals surface area (Å²) in [6, 6.07) is 13.0. The van der Waals surface area contributed by atoms with Gasteiger partial charge in [-0.15, -0.1) is 0 Å². The Morgan fingerprint density at radius 1 is 1.33 bits per heavy atom. The molecule has 1 aliphatic rings. The predicted molar refractivity (Wildman–Crippen MR) is 105 cm³/mol. The summed E-state index contributed by atoms with van der Waals surface area (Å²) in [5.74, 6) is 0.702. The summed E-state index contributed by atoms with van der Waals surface area (Å²) in [4.78, 5) is 14.6. The summed E-state index contributed by atoms with van der Waals surface area (Å²) in [6.07, 6.45) is 2.70. The predicted octanol–water partition coefficient (Wildman–Crippen LogP) is 2.28. The van der Waals surface area contributed by atoms with E-state index < -0.39 is 6.04 Å². The molecular formula is C20H23N5O2. The zero-order chi connectivity index (χ0) is 18.8. The molecule has 3 aromatic rings. The molecule has 0 saturated carbocycles. The van der Waals surface area contributed by atoms with Crippen molar-refractivity contribution in [2.24, 2.45) is 5.73 Å². The van der Waals surface area contributed by atoms with Crippen LogP contribution in [-0.2, 0) is 4.79 Å². The van der Waals surface area contributed by atoms with Gasteiger partial charge in [0.05, 0.1) is 18.8 Å². The number of hydrogen-bond donors (Lipinski definition) is 3. The SMILES string of the molecule is COc1ccc(C(N)C(=O)N2CCC(Nc3ccc4[nH]ncc4c3)C2)cc1. The van der Waals surface area contributed by atoms with Crippen molar-refractivity contribution >= 4 is 22.5 Å². The average Bonchev–Trinajstić information content (AvgIpc) is 3.36. The van der Waals surface area contributed by atoms with Gasteiger partial charge in [-0.05, 0) is 42.3 Å². The van der Waals surface area contributed by atoms with Crippen molar-refractivity contribution in [3.8, 4) is 5.75 Å². The molecule has 2 unspecified atom stereocenters. The van der Waals surface area contributed by atoms with Gasteiger partial charge >= 0.3 is 0 Å². The second-order valence-electron chi connectivity index (χ2n) is 6.84. The van der Waals surface area contributed by atoms with E-state index in [0.29, 0.717) is 13.1 Å². The number of aromatic nitrogens is 2. The van der Waals surface area contributed by atoms with Gasteiger partial charge in [-0.25, -0.2) is 0 Å². The van der Waals surface area contributed by atoms with Gasteiger partial charge in [-0.3, -0.25) is 9.89 Å². The first kappa shape index (κ1) is 17.4. The molecule has 2 aromatic carbocycles. The summed E-state index contributed by atoms with van der Waals surface area (Å²) in [5, 5.41) is 11.6. The Bertz CT molecular complexity index is 937. The Morgan fingerprint density at radius 3 is 2.93 bits per heavy atom. The number of H-pyrrole nitrogens is 1. The molecule has 140 valence electrons. The lowest BCUT2D eigenvalue weighted by Crippen LogP contribution is -2.38. The van der Waals surface area contributed by atoms with E-state index in [9.17, 15) is 4.79 Å². The molecule has 7 heteroatoms. The monoisotopic (exact) mass is 365 g/mol. The Hall–Kier alpha value is -3.06. The maximum Gasteiger partial charge on any atom is 0.244 e. The van der Waals surface area contributed by atoms with Crippen LogP contribution in [0, 0.1) is 0 Å². The van der Waals surface area contributed by atoms with E-state index in [1.165, 1.54) is 0 Å². The van der Waals surface area contributed by atoms with Crippen molar-refractivity contribution < 1.29 is 9.53 Å². The minimum absolute atomic E-state index is 0.0465. The van der Waals surface area contributed by atoms with Crippen LogP contribution in [0.5, 0.6) is 5.75 Å². The van der Waals surface area contributed by atoms with Crippen LogP contribution >= 0.6 is 0 Å². The van der Waals surface area contributed by atoms with Crippen molar-refractivity contribution in [3.05, 3.63) is 54.2 Å². The molecule has 4 rings (SSSR count). The van der Waals surface area contributed by atoms with Crippen LogP contribution in [0.1, 0.15) is 18.0 Å². The third-order valence-electron chi connectivity index (χ3n) is 5.05. The van der Waals surface area contributed by atoms with Crippen molar-refractivity contribution in [2.75, 3.05) is 25.5 Å². The van der Waals surface area contributed by atoms with Gasteiger partial charge in [0.15, 0.2) is 0 Å². The largest absolute Gasteiger partial charge is 0.497 e. The molecule has 2 atom stereocenters. The number of ether oxygens (including phenoxy) is 1. The summed E-state index contributed by atoms with van der Waals surface area (Å²) in [6.45, 7) is 1.35. The molecule has 2 heterocycles. The lowest BCUT2D eigenvalue weighted by Gasteiger charge is -2.22. The summed E-state index contributed by atoms with van der Waals surface area (Å²) in [5.41, 5.74) is 9.03. The number of nitrogens with two attached hydrogens (primary N) is 1. The van der Waals surface area contributed by atoms with Crippen LogP contribution in [-0.4, -0.2) is 47.2 Å². The van der Waals surface area contributed by atoms with Crippen LogP contribution in [0.15, 0.2) is 48.7 Å². The lowest BCUT2D eigenvalue weighted by atomic mass is 10.1. The highest BCUT2D eigenvalue weighted by Crippen LogP contribution is 2.23. The highest BCUT2D eigenvalue weighted by Gasteiger charge is 2.30. The number of carbonyl (C=O) groups excluding carboxylic acids is 1. The molecule has 7 nitrogen and oxygen atoms in total. The standard InChI is InChI=1S/C20H23N5O2/c1-27-17-5-2-13(3-6-17)19(21)20(26)25-9-8-16(12-25)23-15-4-7-18-14(10-15)11-22-24-18/h2-7,10-11,16,19,23H,8-9,12,21H2,1H3,(H,22,24). The van der Waals surface area contributed by atoms with E-state index in [0.717, 1.165) is 34.3 Å². The average molecular weight is 365 g/mol. The Balaban J connectivity index is 1.38. The van der Waals surface area contributed by atoms with Gasteiger partial charge < -0.3 is 20.7 Å². The zero-order valence-electron chi connectivity index (χ0n) is 15.2. The smallest absolute Gasteiger partial charge is 0.244 e. The molecular weight excluding hydrogens is 342 g/mol. The lowest BCUT2D eigenvalue weighted by molar-refractivity contribution is -0.131. The first-order chi connectivity index (χ1) is 13.1. The van der Waals surface area contributed by atoms with E-state index in [2.05, 4.69) is 21.6 Å². The van der Waals surface area contributed by atoms with Gasteiger partial charge in [0.1, 0.15) is 11.8 Å². The van der Waals surface area contributed by atoms with Crippen LogP contribution < -0.4 is 15.8 Å². The molecule has 4 N–H and O–H groups in total. The third kappa shape index (κ3) is 3.59. The van der Waals surface area contributed by atoms with Crippen molar-refractivity contribution in [2.45, 2.75) is 18.5 Å². The number of benzene rings is 2. The fourth-order valence-corrected chi connectivity index (χ4v) is 3.50. The molecule has 27 heavy (non-hydrogen) atoms. The maximum atomic E-state index is 12.8. The molecule has 1 aliphatic heterocycles. The van der Waals surface area contributed by atoms with Gasteiger partial charge in [0.2, 0.25) is 5.91 Å². The van der Waals surface area contributed by atoms with E-state index in [1.807, 2.05) is 41.3 Å². The van der Waals surface area contributed by atoms with Crippen LogP contribution in [0.25, 0.3) is 10.9 Å². The van der Waals surface area contributed by atoms with E-state index in [1.54, 1.807) is 13.3 Å². The summed E-state index contributed by atoms with van der Waals surface area (Å²) < 4.78 is 5.15. The number of carbonyl (C=O) groups is 1. The number of likely N-dealkylation sites (tertiary alicyclic amines) is 1. The number of methoxy groups -OCH3 is 1. The minimum atomic E-state index is -0.656. The summed E-state index contributed by atoms with van der Waals surface area (Å²) in [7, 11) is 1.61. The summed E-state index contributed by atoms with van der Waals surface area (Å²) >= 11 is 0. The number of hydrogen-bond acceptors (Lipinski definition) is 5. The van der Waals surface area contributed by atoms with Crippen LogP contribution in [0.4, 0.5) is 5.69 Å². The Kier molecular flexibility index (Phi) is 4.68. The fourth-order valence-electron chi connectivity index (χ4n) is 3.50. The molecule has 0 spiro atoms. The first-order valence-corrected chi connectivity index (χ1v) is 9.02. The number of amides is 1. The quantitative estimate of drug-likeness (QED) is 0.645. The molecule has 1 amide bonds. The van der Waals surface area contributed by atoms with Gasteiger partial charge in [-0.1, -0.05) is 12.1 Å². The number of nitrogens with zero attached hydrogens (tertiary/aromatic N) is 2. The Morgan fingerprint density at radius 2 is 2.15 bits per heavy atom. The number of anilines is 1. The van der Waals surface area contributed by atoms with Crippen molar-refractivity contribution in [1.29, 1.82) is 0 Å². The minimum Gasteiger partial charge on any atom is -0.497 e. The zero-order valence-corrected chi connectivity index (χ0v) is 15.2. The molecule has 0 aliphatic carbocycles.